The quantitative estimate of drug-likeness (QED) is 0.478. The van der Waals surface area contributed by atoms with Crippen LogP contribution < -0.4 is 0 Å². The van der Waals surface area contributed by atoms with E-state index in [1.165, 1.54) is 0 Å². The topological polar surface area (TPSA) is 78.9 Å². The van der Waals surface area contributed by atoms with Gasteiger partial charge in [-0.3, -0.25) is 14.2 Å². The summed E-state index contributed by atoms with van der Waals surface area (Å²) in [5.41, 5.74) is 0. The Bertz CT molecular complexity index is 370. The highest BCUT2D eigenvalue weighted by atomic mass is 31.2. The average molecular weight is 292 g/mol. The average Bonchev–Trinajstić information content (AvgIpc) is 3.09. The predicted molar refractivity (Wildman–Crippen MR) is 69.0 cm³/mol. The highest BCUT2D eigenvalue weighted by Crippen LogP contribution is 2.51. The van der Waals surface area contributed by atoms with Gasteiger partial charge in [-0.1, -0.05) is 0 Å². The molecule has 1 fully saturated rings. The summed E-state index contributed by atoms with van der Waals surface area (Å²) in [7, 11) is -3.36. The van der Waals surface area contributed by atoms with Crippen LogP contribution in [0.1, 0.15) is 27.2 Å². The molecule has 6 nitrogen and oxygen atoms in total. The third kappa shape index (κ3) is 4.71. The van der Waals surface area contributed by atoms with E-state index in [-0.39, 0.29) is 37.0 Å². The molecule has 1 rings (SSSR count). The molecule has 19 heavy (non-hydrogen) atoms. The Morgan fingerprint density at radius 2 is 1.63 bits per heavy atom. The Balaban J connectivity index is 2.51. The molecule has 0 aromatic rings. The number of ketones is 1. The van der Waals surface area contributed by atoms with Gasteiger partial charge in [0.2, 0.25) is 0 Å². The van der Waals surface area contributed by atoms with Gasteiger partial charge in [-0.15, -0.1) is 0 Å². The highest BCUT2D eigenvalue weighted by molar-refractivity contribution is 7.54. The van der Waals surface area contributed by atoms with E-state index >= 15 is 0 Å². The molecule has 1 saturated carbocycles. The van der Waals surface area contributed by atoms with Crippen LogP contribution in [0.25, 0.3) is 0 Å². The zero-order valence-corrected chi connectivity index (χ0v) is 12.5. The Hall–Kier alpha value is -0.710. The molecule has 1 aliphatic carbocycles. The van der Waals surface area contributed by atoms with Crippen LogP contribution in [0.2, 0.25) is 0 Å². The molecule has 0 saturated heterocycles. The molecule has 7 heteroatoms. The van der Waals surface area contributed by atoms with Gasteiger partial charge in [0.05, 0.1) is 25.7 Å². The van der Waals surface area contributed by atoms with Crippen LogP contribution in [-0.4, -0.2) is 37.7 Å². The van der Waals surface area contributed by atoms with Crippen molar-refractivity contribution in [1.29, 1.82) is 0 Å². The molecule has 1 aliphatic rings. The van der Waals surface area contributed by atoms with Crippen molar-refractivity contribution in [3.8, 4) is 0 Å². The number of carbonyl (C=O) groups is 2. The van der Waals surface area contributed by atoms with E-state index in [9.17, 15) is 14.2 Å². The van der Waals surface area contributed by atoms with E-state index in [1.54, 1.807) is 20.8 Å². The van der Waals surface area contributed by atoms with Gasteiger partial charge in [-0.25, -0.2) is 0 Å². The lowest BCUT2D eigenvalue weighted by molar-refractivity contribution is -0.145. The smallest absolute Gasteiger partial charge is 0.338 e. The van der Waals surface area contributed by atoms with Crippen LogP contribution in [0.4, 0.5) is 0 Å². The van der Waals surface area contributed by atoms with Gasteiger partial charge >= 0.3 is 13.6 Å². The number of carbonyl (C=O) groups excluding carboxylic acids is 2. The van der Waals surface area contributed by atoms with E-state index < -0.39 is 13.5 Å². The number of Topliss-reactive ketones (excluding diaryl/α,β-unsaturated/α-hetero) is 1. The van der Waals surface area contributed by atoms with Crippen molar-refractivity contribution in [2.45, 2.75) is 27.2 Å². The lowest BCUT2D eigenvalue weighted by atomic mass is 10.2. The Kier molecular flexibility index (Phi) is 6.17. The minimum Gasteiger partial charge on any atom is -0.466 e. The van der Waals surface area contributed by atoms with Crippen molar-refractivity contribution in [2.75, 3.05) is 26.0 Å². The molecule has 0 aliphatic heterocycles. The second-order valence-corrected chi connectivity index (χ2v) is 6.33. The summed E-state index contributed by atoms with van der Waals surface area (Å²) >= 11 is 0. The van der Waals surface area contributed by atoms with Gasteiger partial charge in [0, 0.05) is 5.92 Å². The zero-order valence-electron chi connectivity index (χ0n) is 11.6. The summed E-state index contributed by atoms with van der Waals surface area (Å²) in [6.45, 7) is 5.83. The fourth-order valence-corrected chi connectivity index (χ4v) is 3.55. The highest BCUT2D eigenvalue weighted by Gasteiger charge is 2.50. The van der Waals surface area contributed by atoms with E-state index in [4.69, 9.17) is 13.8 Å². The molecular formula is C12H21O6P. The second-order valence-electron chi connectivity index (χ2n) is 4.27. The van der Waals surface area contributed by atoms with Gasteiger partial charge in [-0.2, -0.15) is 0 Å². The molecule has 0 bridgehead atoms. The normalized spacial score (nSPS) is 22.1. The molecule has 0 spiro atoms. The number of esters is 1. The first-order chi connectivity index (χ1) is 8.97. The van der Waals surface area contributed by atoms with Crippen LogP contribution in [0.15, 0.2) is 0 Å². The maximum absolute atomic E-state index is 12.2. The van der Waals surface area contributed by atoms with E-state index in [0.29, 0.717) is 13.0 Å². The Morgan fingerprint density at radius 3 is 2.11 bits per heavy atom. The van der Waals surface area contributed by atoms with Crippen LogP contribution in [0, 0.1) is 11.8 Å². The standard InChI is InChI=1S/C12H21O6P/c1-4-16-12(14)10-7-9(10)11(13)8-19(15,17-5-2)18-6-3/h9-10H,4-8H2,1-3H3/t9-,10-/m0/s1. The minimum atomic E-state index is -3.36. The van der Waals surface area contributed by atoms with Crippen LogP contribution >= 0.6 is 7.60 Å². The summed E-state index contributed by atoms with van der Waals surface area (Å²) < 4.78 is 27.1. The van der Waals surface area contributed by atoms with E-state index in [0.717, 1.165) is 0 Å². The van der Waals surface area contributed by atoms with Crippen molar-refractivity contribution in [2.24, 2.45) is 11.8 Å². The lowest BCUT2D eigenvalue weighted by Gasteiger charge is -2.15. The molecule has 110 valence electrons. The third-order valence-corrected chi connectivity index (χ3v) is 4.80. The Morgan fingerprint density at radius 1 is 1.05 bits per heavy atom. The molecule has 0 aromatic carbocycles. The summed E-state index contributed by atoms with van der Waals surface area (Å²) in [5.74, 6) is -1.38. The summed E-state index contributed by atoms with van der Waals surface area (Å²) in [5, 5.41) is 0. The zero-order chi connectivity index (χ0) is 14.5. The summed E-state index contributed by atoms with van der Waals surface area (Å²) in [6.07, 6.45) is 0.200. The van der Waals surface area contributed by atoms with Crippen LogP contribution in [0.5, 0.6) is 0 Å². The molecule has 0 amide bonds. The number of hydrogen-bond donors (Lipinski definition) is 0. The van der Waals surface area contributed by atoms with Gasteiger partial charge in [-0.05, 0) is 27.2 Å². The maximum Gasteiger partial charge on any atom is 0.338 e. The summed E-state index contributed by atoms with van der Waals surface area (Å²) in [6, 6.07) is 0. The maximum atomic E-state index is 12.2. The summed E-state index contributed by atoms with van der Waals surface area (Å²) in [4.78, 5) is 23.4. The number of rotatable bonds is 9. The molecule has 0 unspecified atom stereocenters. The molecule has 0 heterocycles. The van der Waals surface area contributed by atoms with E-state index in [2.05, 4.69) is 0 Å². The second kappa shape index (κ2) is 7.17. The van der Waals surface area contributed by atoms with Crippen molar-refractivity contribution in [1.82, 2.24) is 0 Å². The van der Waals surface area contributed by atoms with Gasteiger partial charge < -0.3 is 13.8 Å². The fraction of sp³-hybridized carbons (Fsp3) is 0.833. The van der Waals surface area contributed by atoms with Crippen molar-refractivity contribution < 1.29 is 27.9 Å². The molecule has 0 aromatic heterocycles. The fourth-order valence-electron chi connectivity index (χ4n) is 1.89. The van der Waals surface area contributed by atoms with Gasteiger partial charge in [0.1, 0.15) is 11.9 Å². The van der Waals surface area contributed by atoms with Crippen LogP contribution in [-0.2, 0) is 27.9 Å². The third-order valence-electron chi connectivity index (χ3n) is 2.79. The molecule has 0 radical (unpaired) electrons. The first-order valence-electron chi connectivity index (χ1n) is 6.54. The molecular weight excluding hydrogens is 271 g/mol. The largest absolute Gasteiger partial charge is 0.466 e. The molecule has 2 atom stereocenters. The van der Waals surface area contributed by atoms with Gasteiger partial charge in [0.25, 0.3) is 0 Å². The van der Waals surface area contributed by atoms with Crippen LogP contribution in [0.3, 0.4) is 0 Å². The first-order valence-corrected chi connectivity index (χ1v) is 8.27. The number of ether oxygens (including phenoxy) is 1. The predicted octanol–water partition coefficient (Wildman–Crippen LogP) is 2.02. The van der Waals surface area contributed by atoms with Gasteiger partial charge in [0.15, 0.2) is 0 Å². The van der Waals surface area contributed by atoms with Crippen molar-refractivity contribution in [3.63, 3.8) is 0 Å². The minimum absolute atomic E-state index is 0.219. The molecule has 0 N–H and O–H groups in total. The van der Waals surface area contributed by atoms with Crippen molar-refractivity contribution >= 4 is 19.3 Å². The number of hydrogen-bond acceptors (Lipinski definition) is 6. The SMILES string of the molecule is CCOC(=O)[C@H]1C[C@@H]1C(=O)CP(=O)(OCC)OCC. The van der Waals surface area contributed by atoms with E-state index in [1.807, 2.05) is 0 Å². The first kappa shape index (κ1) is 16.3. The Labute approximate surface area is 113 Å². The van der Waals surface area contributed by atoms with Crippen molar-refractivity contribution in [3.05, 3.63) is 0 Å². The lowest BCUT2D eigenvalue weighted by Crippen LogP contribution is -2.16. The monoisotopic (exact) mass is 292 g/mol.